The second-order valence-corrected chi connectivity index (χ2v) is 10.2. The van der Waals surface area contributed by atoms with Crippen LogP contribution in [0.4, 0.5) is 4.79 Å². The van der Waals surface area contributed by atoms with Gasteiger partial charge in [-0.2, -0.15) is 0 Å². The van der Waals surface area contributed by atoms with Gasteiger partial charge < -0.3 is 15.4 Å². The van der Waals surface area contributed by atoms with Crippen molar-refractivity contribution in [3.05, 3.63) is 35.4 Å². The fraction of sp³-hybridized carbons (Fsp3) is 0.600. The van der Waals surface area contributed by atoms with E-state index in [1.165, 1.54) is 26.2 Å². The number of urea groups is 1. The van der Waals surface area contributed by atoms with Gasteiger partial charge >= 0.3 is 12.0 Å². The number of benzene rings is 1. The van der Waals surface area contributed by atoms with Crippen molar-refractivity contribution in [3.63, 3.8) is 0 Å². The van der Waals surface area contributed by atoms with E-state index in [0.717, 1.165) is 30.4 Å². The van der Waals surface area contributed by atoms with E-state index < -0.39 is 30.6 Å². The molecule has 4 fully saturated rings. The van der Waals surface area contributed by atoms with Crippen molar-refractivity contribution in [1.29, 1.82) is 0 Å². The number of aryl methyl sites for hydroxylation is 1. The molecule has 0 radical (unpaired) electrons. The van der Waals surface area contributed by atoms with Crippen molar-refractivity contribution in [2.24, 2.45) is 17.8 Å². The Morgan fingerprint density at radius 3 is 2.12 bits per heavy atom. The Hall–Kier alpha value is -2.90. The van der Waals surface area contributed by atoms with Gasteiger partial charge in [-0.25, -0.2) is 4.79 Å². The summed E-state index contributed by atoms with van der Waals surface area (Å²) in [5, 5.41) is 8.10. The lowest BCUT2D eigenvalue weighted by molar-refractivity contribution is -0.149. The SMILES string of the molecule is CC(=O)NC(CC(=O)OCC(=O)NC(=O)NC12CC3CC(CC(C3)C1)C2)c1ccc(C)cc1. The molecule has 1 aromatic carbocycles. The minimum atomic E-state index is -0.669. The molecule has 1 unspecified atom stereocenters. The monoisotopic (exact) mass is 455 g/mol. The topological polar surface area (TPSA) is 114 Å². The van der Waals surface area contributed by atoms with Crippen molar-refractivity contribution >= 4 is 23.8 Å². The first-order valence-electron chi connectivity index (χ1n) is 11.8. The molecule has 8 heteroatoms. The summed E-state index contributed by atoms with van der Waals surface area (Å²) in [6.07, 6.45) is 6.63. The average molecular weight is 456 g/mol. The number of rotatable bonds is 7. The molecule has 4 aliphatic carbocycles. The molecule has 3 N–H and O–H groups in total. The molecule has 4 amide bonds. The highest BCUT2D eigenvalue weighted by atomic mass is 16.5. The number of carbonyl (C=O) groups is 4. The Balaban J connectivity index is 1.24. The van der Waals surface area contributed by atoms with Crippen LogP contribution in [0.5, 0.6) is 0 Å². The number of ether oxygens (including phenoxy) is 1. The predicted molar refractivity (Wildman–Crippen MR) is 121 cm³/mol. The van der Waals surface area contributed by atoms with Gasteiger partial charge in [0.1, 0.15) is 0 Å². The number of esters is 1. The van der Waals surface area contributed by atoms with Gasteiger partial charge in [0.15, 0.2) is 6.61 Å². The third-order valence-corrected chi connectivity index (χ3v) is 7.26. The molecule has 8 nitrogen and oxygen atoms in total. The summed E-state index contributed by atoms with van der Waals surface area (Å²) in [5.41, 5.74) is 1.63. The Bertz CT molecular complexity index is 891. The zero-order valence-electron chi connectivity index (χ0n) is 19.3. The molecule has 1 aromatic rings. The highest BCUT2D eigenvalue weighted by molar-refractivity contribution is 5.95. The van der Waals surface area contributed by atoms with Crippen LogP contribution in [0.3, 0.4) is 0 Å². The zero-order chi connectivity index (χ0) is 23.6. The molecule has 4 bridgehead atoms. The van der Waals surface area contributed by atoms with E-state index in [4.69, 9.17) is 4.74 Å². The maximum Gasteiger partial charge on any atom is 0.321 e. The number of imide groups is 1. The molecule has 0 aromatic heterocycles. The normalized spacial score (nSPS) is 28.0. The van der Waals surface area contributed by atoms with E-state index in [0.29, 0.717) is 17.8 Å². The first kappa shape index (κ1) is 23.3. The largest absolute Gasteiger partial charge is 0.455 e. The molecule has 178 valence electrons. The Labute approximate surface area is 194 Å². The predicted octanol–water partition coefficient (Wildman–Crippen LogP) is 2.90. The van der Waals surface area contributed by atoms with Crippen LogP contribution in [0.15, 0.2) is 24.3 Å². The quantitative estimate of drug-likeness (QED) is 0.547. The summed E-state index contributed by atoms with van der Waals surface area (Å²) in [4.78, 5) is 48.5. The van der Waals surface area contributed by atoms with Gasteiger partial charge in [-0.05, 0) is 68.8 Å². The van der Waals surface area contributed by atoms with Crippen molar-refractivity contribution < 1.29 is 23.9 Å². The van der Waals surface area contributed by atoms with Gasteiger partial charge in [-0.15, -0.1) is 0 Å². The third kappa shape index (κ3) is 5.92. The van der Waals surface area contributed by atoms with E-state index >= 15 is 0 Å². The van der Waals surface area contributed by atoms with Crippen LogP contribution in [0.25, 0.3) is 0 Å². The van der Waals surface area contributed by atoms with Crippen LogP contribution in [0.1, 0.15) is 69.0 Å². The van der Waals surface area contributed by atoms with E-state index in [-0.39, 0.29) is 17.9 Å². The first-order chi connectivity index (χ1) is 15.7. The van der Waals surface area contributed by atoms with E-state index in [1.807, 2.05) is 31.2 Å². The lowest BCUT2D eigenvalue weighted by atomic mass is 9.53. The summed E-state index contributed by atoms with van der Waals surface area (Å²) in [7, 11) is 0. The zero-order valence-corrected chi connectivity index (χ0v) is 19.3. The number of hydrogen-bond donors (Lipinski definition) is 3. The van der Waals surface area contributed by atoms with E-state index in [1.54, 1.807) is 0 Å². The second kappa shape index (κ2) is 9.53. The van der Waals surface area contributed by atoms with E-state index in [9.17, 15) is 19.2 Å². The maximum absolute atomic E-state index is 12.5. The van der Waals surface area contributed by atoms with Gasteiger partial charge in [0.25, 0.3) is 5.91 Å². The lowest BCUT2D eigenvalue weighted by Crippen LogP contribution is -2.62. The van der Waals surface area contributed by atoms with Crippen molar-refractivity contribution in [3.8, 4) is 0 Å². The van der Waals surface area contributed by atoms with Crippen LogP contribution >= 0.6 is 0 Å². The second-order valence-electron chi connectivity index (χ2n) is 10.2. The molecular formula is C25H33N3O5. The molecule has 0 saturated heterocycles. The number of nitrogens with one attached hydrogen (secondary N) is 3. The van der Waals surface area contributed by atoms with Crippen molar-refractivity contribution in [1.82, 2.24) is 16.0 Å². The molecule has 5 rings (SSSR count). The fourth-order valence-corrected chi connectivity index (χ4v) is 6.37. The summed E-state index contributed by atoms with van der Waals surface area (Å²) >= 11 is 0. The van der Waals surface area contributed by atoms with E-state index in [2.05, 4.69) is 16.0 Å². The van der Waals surface area contributed by atoms with Gasteiger partial charge in [0.05, 0.1) is 12.5 Å². The molecular weight excluding hydrogens is 422 g/mol. The maximum atomic E-state index is 12.5. The number of hydrogen-bond acceptors (Lipinski definition) is 5. The summed E-state index contributed by atoms with van der Waals surface area (Å²) in [6.45, 7) is 2.78. The highest BCUT2D eigenvalue weighted by Crippen LogP contribution is 2.55. The van der Waals surface area contributed by atoms with Gasteiger partial charge in [0.2, 0.25) is 5.91 Å². The summed E-state index contributed by atoms with van der Waals surface area (Å²) < 4.78 is 5.07. The van der Waals surface area contributed by atoms with Crippen LogP contribution in [-0.2, 0) is 19.1 Å². The van der Waals surface area contributed by atoms with Crippen LogP contribution < -0.4 is 16.0 Å². The third-order valence-electron chi connectivity index (χ3n) is 7.26. The highest BCUT2D eigenvalue weighted by Gasteiger charge is 2.51. The van der Waals surface area contributed by atoms with Crippen LogP contribution in [0.2, 0.25) is 0 Å². The molecule has 0 spiro atoms. The lowest BCUT2D eigenvalue weighted by Gasteiger charge is -2.56. The smallest absolute Gasteiger partial charge is 0.321 e. The van der Waals surface area contributed by atoms with Crippen LogP contribution in [0, 0.1) is 24.7 Å². The minimum absolute atomic E-state index is 0.116. The van der Waals surface area contributed by atoms with Gasteiger partial charge in [-0.1, -0.05) is 29.8 Å². The average Bonchev–Trinajstić information content (AvgIpc) is 2.70. The summed E-state index contributed by atoms with van der Waals surface area (Å²) in [5.74, 6) is 0.463. The van der Waals surface area contributed by atoms with Crippen molar-refractivity contribution in [2.75, 3.05) is 6.61 Å². The Morgan fingerprint density at radius 1 is 1.00 bits per heavy atom. The molecule has 4 aliphatic rings. The molecule has 0 aliphatic heterocycles. The first-order valence-corrected chi connectivity index (χ1v) is 11.8. The van der Waals surface area contributed by atoms with Gasteiger partial charge in [0, 0.05) is 12.5 Å². The molecule has 1 atom stereocenters. The number of carbonyl (C=O) groups excluding carboxylic acids is 4. The summed E-state index contributed by atoms with van der Waals surface area (Å²) in [6, 6.07) is 6.39. The molecule has 33 heavy (non-hydrogen) atoms. The van der Waals surface area contributed by atoms with Crippen LogP contribution in [-0.4, -0.2) is 36.0 Å². The fourth-order valence-electron chi connectivity index (χ4n) is 6.37. The van der Waals surface area contributed by atoms with Crippen molar-refractivity contribution in [2.45, 2.75) is 70.4 Å². The molecule has 0 heterocycles. The minimum Gasteiger partial charge on any atom is -0.455 e. The number of amides is 4. The van der Waals surface area contributed by atoms with Gasteiger partial charge in [-0.3, -0.25) is 19.7 Å². The Morgan fingerprint density at radius 2 is 1.58 bits per heavy atom. The molecule has 4 saturated carbocycles. The Kier molecular flexibility index (Phi) is 6.72. The standard InChI is InChI=1S/C25H33N3O5/c1-15-3-5-20(6-4-15)21(26-16(2)29)10-23(31)33-14-22(30)27-24(32)28-25-11-17-7-18(12-25)9-19(8-17)13-25/h3-6,17-19,21H,7-14H2,1-2H3,(H,26,29)(H2,27,28,30,32).